The van der Waals surface area contributed by atoms with Crippen LogP contribution in [0.2, 0.25) is 0 Å². The fourth-order valence-electron chi connectivity index (χ4n) is 3.98. The van der Waals surface area contributed by atoms with Crippen LogP contribution in [0.3, 0.4) is 0 Å². The van der Waals surface area contributed by atoms with Crippen LogP contribution in [-0.2, 0) is 13.6 Å². The maximum Gasteiger partial charge on any atom is 0.169 e. The van der Waals surface area contributed by atoms with Crippen LogP contribution in [0.1, 0.15) is 96.8 Å². The average molecular weight is 603 g/mol. The number of nitrogens with zero attached hydrogens (tertiary/aromatic N) is 2. The molecule has 0 fully saturated rings. The minimum absolute atomic E-state index is 0. The minimum atomic E-state index is 0. The maximum atomic E-state index is 2.33. The summed E-state index contributed by atoms with van der Waals surface area (Å²) in [6.07, 6.45) is 28.5. The van der Waals surface area contributed by atoms with Crippen molar-refractivity contribution in [3.05, 3.63) is 49.1 Å². The predicted molar refractivity (Wildman–Crippen MR) is 124 cm³/mol. The van der Waals surface area contributed by atoms with Gasteiger partial charge in [-0.2, -0.15) is 0 Å². The van der Waals surface area contributed by atoms with E-state index in [9.17, 15) is 0 Å². The number of hydrogen-bond donors (Lipinski definition) is 0. The first kappa shape index (κ1) is 30.5. The molecule has 2 aromatic rings. The molecule has 2 aromatic heterocycles. The summed E-state index contributed by atoms with van der Waals surface area (Å²) in [7, 11) is 2.05. The Balaban J connectivity index is 0.00000450. The molecule has 0 aliphatic heterocycles. The molecular formula is C27H44BrIN2. The number of rotatable bonds is 16. The number of halogens is 2. The zero-order valence-electron chi connectivity index (χ0n) is 19.9. The SMILES string of the molecule is CCCCCCCCCCCCCCCC[n+]1ccc(-c2cc[n+](C)cc2)cc1.[Br-].[I-]. The lowest BCUT2D eigenvalue weighted by Gasteiger charge is -2.03. The van der Waals surface area contributed by atoms with E-state index in [4.69, 9.17) is 0 Å². The number of pyridine rings is 2. The second-order valence-corrected chi connectivity index (χ2v) is 8.67. The van der Waals surface area contributed by atoms with Gasteiger partial charge in [-0.25, -0.2) is 9.13 Å². The Bertz CT molecular complexity index is 643. The maximum absolute atomic E-state index is 2.33. The Morgan fingerprint density at radius 3 is 1.32 bits per heavy atom. The van der Waals surface area contributed by atoms with Gasteiger partial charge in [-0.3, -0.25) is 0 Å². The van der Waals surface area contributed by atoms with Gasteiger partial charge < -0.3 is 41.0 Å². The molecule has 0 aliphatic rings. The molecule has 31 heavy (non-hydrogen) atoms. The van der Waals surface area contributed by atoms with Crippen LogP contribution in [-0.4, -0.2) is 0 Å². The van der Waals surface area contributed by atoms with Crippen molar-refractivity contribution >= 4 is 0 Å². The van der Waals surface area contributed by atoms with Crippen molar-refractivity contribution < 1.29 is 50.1 Å². The van der Waals surface area contributed by atoms with Crippen LogP contribution in [0.25, 0.3) is 11.1 Å². The van der Waals surface area contributed by atoms with Crippen molar-refractivity contribution in [2.45, 2.75) is 103 Å². The molecule has 176 valence electrons. The van der Waals surface area contributed by atoms with E-state index in [0.717, 1.165) is 6.54 Å². The van der Waals surface area contributed by atoms with Crippen LogP contribution < -0.4 is 50.1 Å². The van der Waals surface area contributed by atoms with Crippen molar-refractivity contribution in [3.8, 4) is 11.1 Å². The van der Waals surface area contributed by atoms with E-state index in [0.29, 0.717) is 0 Å². The highest BCUT2D eigenvalue weighted by molar-refractivity contribution is 5.60. The first-order chi connectivity index (χ1) is 14.3. The molecule has 0 radical (unpaired) electrons. The summed E-state index contributed by atoms with van der Waals surface area (Å²) >= 11 is 0. The summed E-state index contributed by atoms with van der Waals surface area (Å²) in [5.74, 6) is 0. The monoisotopic (exact) mass is 602 g/mol. The van der Waals surface area contributed by atoms with Crippen molar-refractivity contribution in [2.75, 3.05) is 0 Å². The van der Waals surface area contributed by atoms with Gasteiger partial charge in [0.2, 0.25) is 0 Å². The third kappa shape index (κ3) is 14.3. The van der Waals surface area contributed by atoms with E-state index < -0.39 is 0 Å². The van der Waals surface area contributed by atoms with Crippen LogP contribution in [0, 0.1) is 0 Å². The minimum Gasteiger partial charge on any atom is -1.00 e. The lowest BCUT2D eigenvalue weighted by Crippen LogP contribution is -3.00. The summed E-state index contributed by atoms with van der Waals surface area (Å²) in [6, 6.07) is 8.82. The number of aryl methyl sites for hydroxylation is 2. The van der Waals surface area contributed by atoms with Crippen LogP contribution in [0.5, 0.6) is 0 Å². The van der Waals surface area contributed by atoms with E-state index in [1.165, 1.54) is 101 Å². The van der Waals surface area contributed by atoms with Crippen LogP contribution >= 0.6 is 0 Å². The van der Waals surface area contributed by atoms with E-state index in [1.807, 2.05) is 0 Å². The molecule has 0 unspecified atom stereocenters. The Morgan fingerprint density at radius 2 is 0.903 bits per heavy atom. The van der Waals surface area contributed by atoms with Gasteiger partial charge >= 0.3 is 0 Å². The molecule has 0 atom stereocenters. The van der Waals surface area contributed by atoms with Gasteiger partial charge in [0.25, 0.3) is 0 Å². The third-order valence-corrected chi connectivity index (χ3v) is 5.97. The van der Waals surface area contributed by atoms with Gasteiger partial charge in [0.05, 0.1) is 0 Å². The van der Waals surface area contributed by atoms with Gasteiger partial charge in [-0.1, -0.05) is 84.0 Å². The predicted octanol–water partition coefficient (Wildman–Crippen LogP) is 0.955. The van der Waals surface area contributed by atoms with Crippen molar-refractivity contribution in [1.29, 1.82) is 0 Å². The van der Waals surface area contributed by atoms with Crippen molar-refractivity contribution in [3.63, 3.8) is 0 Å². The van der Waals surface area contributed by atoms with E-state index in [-0.39, 0.29) is 41.0 Å². The number of aromatic nitrogens is 2. The standard InChI is InChI=1S/C27H44N2.BrH.HI/c1-3-4-5-6-7-8-9-10-11-12-13-14-15-16-21-29-24-19-27(20-25-29)26-17-22-28(2)23-18-26;;/h17-20,22-25H,3-16,21H2,1-2H3;2*1H/q+2;;/p-2. The summed E-state index contributed by atoms with van der Waals surface area (Å²) in [6.45, 7) is 3.43. The molecule has 2 nitrogen and oxygen atoms in total. The Hall–Kier alpha value is -0.490. The summed E-state index contributed by atoms with van der Waals surface area (Å²) in [5.41, 5.74) is 2.58. The molecule has 0 N–H and O–H groups in total. The highest BCUT2D eigenvalue weighted by Gasteiger charge is 2.04. The molecule has 4 heteroatoms. The molecule has 0 spiro atoms. The second-order valence-electron chi connectivity index (χ2n) is 8.67. The molecule has 0 saturated heterocycles. The third-order valence-electron chi connectivity index (χ3n) is 5.97. The lowest BCUT2D eigenvalue weighted by atomic mass is 10.0. The fraction of sp³-hybridized carbons (Fsp3) is 0.630. The molecule has 0 aliphatic carbocycles. The highest BCUT2D eigenvalue weighted by Crippen LogP contribution is 2.16. The number of hydrogen-bond acceptors (Lipinski definition) is 0. The summed E-state index contributed by atoms with van der Waals surface area (Å²) < 4.78 is 4.40. The number of unbranched alkanes of at least 4 members (excludes halogenated alkanes) is 13. The largest absolute Gasteiger partial charge is 1.00 e. The molecule has 0 aromatic carbocycles. The quantitative estimate of drug-likeness (QED) is 0.154. The Morgan fingerprint density at radius 1 is 0.548 bits per heavy atom. The van der Waals surface area contributed by atoms with Gasteiger partial charge in [0.1, 0.15) is 13.6 Å². The van der Waals surface area contributed by atoms with Crippen LogP contribution in [0.4, 0.5) is 0 Å². The van der Waals surface area contributed by atoms with Crippen molar-refractivity contribution in [2.24, 2.45) is 7.05 Å². The van der Waals surface area contributed by atoms with Crippen LogP contribution in [0.15, 0.2) is 49.1 Å². The Labute approximate surface area is 219 Å². The van der Waals surface area contributed by atoms with Gasteiger partial charge in [-0.05, 0) is 17.5 Å². The molecular weight excluding hydrogens is 559 g/mol. The summed E-state index contributed by atoms with van der Waals surface area (Å²) in [4.78, 5) is 0. The normalized spacial score (nSPS) is 10.4. The second kappa shape index (κ2) is 20.1. The smallest absolute Gasteiger partial charge is 0.169 e. The lowest BCUT2D eigenvalue weighted by molar-refractivity contribution is -0.697. The fourth-order valence-corrected chi connectivity index (χ4v) is 3.98. The molecule has 2 heterocycles. The molecule has 0 bridgehead atoms. The van der Waals surface area contributed by atoms with Gasteiger partial charge in [0, 0.05) is 30.7 Å². The zero-order valence-corrected chi connectivity index (χ0v) is 23.6. The topological polar surface area (TPSA) is 7.76 Å². The Kier molecular flexibility index (Phi) is 19.8. The zero-order chi connectivity index (χ0) is 20.6. The van der Waals surface area contributed by atoms with E-state index >= 15 is 0 Å². The first-order valence-corrected chi connectivity index (χ1v) is 12.2. The summed E-state index contributed by atoms with van der Waals surface area (Å²) in [5, 5.41) is 0. The molecule has 0 amide bonds. The highest BCUT2D eigenvalue weighted by atomic mass is 127. The molecule has 0 saturated carbocycles. The van der Waals surface area contributed by atoms with Crippen molar-refractivity contribution in [1.82, 2.24) is 0 Å². The first-order valence-electron chi connectivity index (χ1n) is 12.2. The van der Waals surface area contributed by atoms with Gasteiger partial charge in [-0.15, -0.1) is 0 Å². The van der Waals surface area contributed by atoms with Gasteiger partial charge in [0.15, 0.2) is 24.8 Å². The van der Waals surface area contributed by atoms with E-state index in [2.05, 4.69) is 72.2 Å². The molecule has 2 rings (SSSR count). The average Bonchev–Trinajstić information content (AvgIpc) is 2.75. The van der Waals surface area contributed by atoms with E-state index in [1.54, 1.807) is 0 Å².